The van der Waals surface area contributed by atoms with Crippen LogP contribution in [0.3, 0.4) is 0 Å². The molecule has 0 radical (unpaired) electrons. The molecule has 1 aromatic heterocycles. The maximum atomic E-state index is 12.2. The number of aromatic nitrogens is 1. The van der Waals surface area contributed by atoms with Crippen LogP contribution in [0.1, 0.15) is 34.1 Å². The monoisotopic (exact) mass is 423 g/mol. The van der Waals surface area contributed by atoms with Crippen molar-refractivity contribution < 1.29 is 9.53 Å². The van der Waals surface area contributed by atoms with E-state index in [0.717, 1.165) is 16.7 Å². The van der Waals surface area contributed by atoms with Crippen LogP contribution >= 0.6 is 22.9 Å². The molecule has 0 saturated heterocycles. The Kier molecular flexibility index (Phi) is 8.69. The van der Waals surface area contributed by atoms with Gasteiger partial charge in [0, 0.05) is 39.7 Å². The molecule has 0 aliphatic carbocycles. The molecular formula is C19H26ClN5O2S. The van der Waals surface area contributed by atoms with Crippen molar-refractivity contribution in [3.05, 3.63) is 50.9 Å². The Morgan fingerprint density at radius 1 is 1.36 bits per heavy atom. The summed E-state index contributed by atoms with van der Waals surface area (Å²) < 4.78 is 5.30. The van der Waals surface area contributed by atoms with Crippen molar-refractivity contribution in [2.24, 2.45) is 4.99 Å². The first-order valence-corrected chi connectivity index (χ1v) is 10.1. The largest absolute Gasteiger partial charge is 0.375 e. The third kappa shape index (κ3) is 6.19. The van der Waals surface area contributed by atoms with E-state index in [-0.39, 0.29) is 12.0 Å². The fourth-order valence-corrected chi connectivity index (χ4v) is 3.54. The Bertz CT molecular complexity index is 811. The van der Waals surface area contributed by atoms with E-state index < -0.39 is 0 Å². The first kappa shape index (κ1) is 22.1. The van der Waals surface area contributed by atoms with Gasteiger partial charge in [-0.15, -0.1) is 11.3 Å². The average molecular weight is 424 g/mol. The molecule has 7 nitrogen and oxygen atoms in total. The summed E-state index contributed by atoms with van der Waals surface area (Å²) in [7, 11) is 5.34. The SMILES string of the molecule is CN=C(NCCNC(=O)c1ccccc1Cl)N(C)Cc1csc(C(C)OC)n1. The predicted octanol–water partition coefficient (Wildman–Crippen LogP) is 2.94. The van der Waals surface area contributed by atoms with Gasteiger partial charge in [0.05, 0.1) is 22.8 Å². The molecule has 0 aliphatic rings. The van der Waals surface area contributed by atoms with Gasteiger partial charge < -0.3 is 20.3 Å². The Labute approximate surface area is 174 Å². The first-order valence-electron chi connectivity index (χ1n) is 8.87. The zero-order valence-corrected chi connectivity index (χ0v) is 18.1. The van der Waals surface area contributed by atoms with Gasteiger partial charge in [-0.3, -0.25) is 9.79 Å². The number of ether oxygens (including phenoxy) is 1. The third-order valence-electron chi connectivity index (χ3n) is 4.06. The van der Waals surface area contributed by atoms with Gasteiger partial charge in [0.1, 0.15) is 11.1 Å². The number of aliphatic imine (C=N–C) groups is 1. The average Bonchev–Trinajstić information content (AvgIpc) is 3.15. The van der Waals surface area contributed by atoms with Gasteiger partial charge in [-0.2, -0.15) is 0 Å². The van der Waals surface area contributed by atoms with Crippen LogP contribution < -0.4 is 10.6 Å². The molecule has 1 heterocycles. The van der Waals surface area contributed by atoms with Gasteiger partial charge in [-0.05, 0) is 19.1 Å². The molecule has 152 valence electrons. The zero-order chi connectivity index (χ0) is 20.5. The fraction of sp³-hybridized carbons (Fsp3) is 0.421. The number of nitrogens with one attached hydrogen (secondary N) is 2. The summed E-state index contributed by atoms with van der Waals surface area (Å²) in [5.74, 6) is 0.527. The second-order valence-corrected chi connectivity index (χ2v) is 7.42. The highest BCUT2D eigenvalue weighted by Crippen LogP contribution is 2.20. The second-order valence-electron chi connectivity index (χ2n) is 6.12. The Morgan fingerprint density at radius 2 is 2.07 bits per heavy atom. The number of nitrogens with zero attached hydrogens (tertiary/aromatic N) is 3. The van der Waals surface area contributed by atoms with Crippen LogP contribution in [-0.4, -0.2) is 56.0 Å². The molecule has 2 aromatic rings. The normalized spacial score (nSPS) is 12.5. The van der Waals surface area contributed by atoms with Crippen molar-refractivity contribution >= 4 is 34.8 Å². The summed E-state index contributed by atoms with van der Waals surface area (Å²) in [5, 5.41) is 9.50. The van der Waals surface area contributed by atoms with Crippen molar-refractivity contribution in [2.75, 3.05) is 34.3 Å². The quantitative estimate of drug-likeness (QED) is 0.387. The van der Waals surface area contributed by atoms with E-state index in [0.29, 0.717) is 30.2 Å². The van der Waals surface area contributed by atoms with Crippen molar-refractivity contribution in [3.63, 3.8) is 0 Å². The zero-order valence-electron chi connectivity index (χ0n) is 16.5. The molecule has 0 spiro atoms. The summed E-state index contributed by atoms with van der Waals surface area (Å²) in [6.45, 7) is 3.58. The molecule has 1 unspecified atom stereocenters. The third-order valence-corrected chi connectivity index (χ3v) is 5.44. The number of guanidine groups is 1. The van der Waals surface area contributed by atoms with Crippen molar-refractivity contribution in [1.82, 2.24) is 20.5 Å². The molecule has 0 fully saturated rings. The summed E-state index contributed by atoms with van der Waals surface area (Å²) in [5.41, 5.74) is 1.43. The first-order chi connectivity index (χ1) is 13.5. The number of thiazole rings is 1. The van der Waals surface area contributed by atoms with Gasteiger partial charge in [-0.1, -0.05) is 23.7 Å². The lowest BCUT2D eigenvalue weighted by Gasteiger charge is -2.21. The van der Waals surface area contributed by atoms with E-state index in [1.807, 2.05) is 24.3 Å². The van der Waals surface area contributed by atoms with Gasteiger partial charge in [0.25, 0.3) is 5.91 Å². The number of hydrogen-bond acceptors (Lipinski definition) is 5. The molecule has 0 aliphatic heterocycles. The maximum Gasteiger partial charge on any atom is 0.252 e. The molecule has 2 N–H and O–H groups in total. The molecule has 0 bridgehead atoms. The predicted molar refractivity (Wildman–Crippen MR) is 114 cm³/mol. The van der Waals surface area contributed by atoms with Crippen molar-refractivity contribution in [1.29, 1.82) is 0 Å². The van der Waals surface area contributed by atoms with E-state index in [4.69, 9.17) is 16.3 Å². The van der Waals surface area contributed by atoms with Gasteiger partial charge in [0.2, 0.25) is 0 Å². The number of rotatable bonds is 8. The number of benzene rings is 1. The van der Waals surface area contributed by atoms with E-state index in [9.17, 15) is 4.79 Å². The summed E-state index contributed by atoms with van der Waals surface area (Å²) in [4.78, 5) is 23.0. The topological polar surface area (TPSA) is 78.9 Å². The highest BCUT2D eigenvalue weighted by atomic mass is 35.5. The molecule has 2 rings (SSSR count). The van der Waals surface area contributed by atoms with E-state index in [1.165, 1.54) is 0 Å². The minimum absolute atomic E-state index is 0.0109. The molecule has 1 atom stereocenters. The van der Waals surface area contributed by atoms with Crippen LogP contribution in [0, 0.1) is 0 Å². The standard InChI is InChI=1S/C19H26ClN5O2S/c1-13(27-4)18-24-14(12-28-18)11-25(3)19(21-2)23-10-9-22-17(26)15-7-5-6-8-16(15)20/h5-8,12-13H,9-11H2,1-4H3,(H,21,23)(H,22,26). The highest BCUT2D eigenvalue weighted by Gasteiger charge is 2.13. The number of amides is 1. The minimum atomic E-state index is -0.196. The highest BCUT2D eigenvalue weighted by molar-refractivity contribution is 7.09. The fourth-order valence-electron chi connectivity index (χ4n) is 2.48. The van der Waals surface area contributed by atoms with Crippen LogP contribution in [0.15, 0.2) is 34.6 Å². The van der Waals surface area contributed by atoms with Crippen molar-refractivity contribution in [3.8, 4) is 0 Å². The summed E-state index contributed by atoms with van der Waals surface area (Å²) in [6, 6.07) is 6.97. The van der Waals surface area contributed by atoms with Crippen molar-refractivity contribution in [2.45, 2.75) is 19.6 Å². The molecule has 28 heavy (non-hydrogen) atoms. The number of carbonyl (C=O) groups excluding carboxylic acids is 1. The number of hydrogen-bond donors (Lipinski definition) is 2. The number of methoxy groups -OCH3 is 1. The molecule has 1 aromatic carbocycles. The van der Waals surface area contributed by atoms with Crippen LogP contribution in [0.4, 0.5) is 0 Å². The second kappa shape index (κ2) is 11.0. The lowest BCUT2D eigenvalue weighted by atomic mass is 10.2. The van der Waals surface area contributed by atoms with Crippen LogP contribution in [-0.2, 0) is 11.3 Å². The lowest BCUT2D eigenvalue weighted by Crippen LogP contribution is -2.42. The van der Waals surface area contributed by atoms with Crippen LogP contribution in [0.25, 0.3) is 0 Å². The van der Waals surface area contributed by atoms with E-state index in [2.05, 4.69) is 20.6 Å². The molecule has 0 saturated carbocycles. The van der Waals surface area contributed by atoms with Gasteiger partial charge in [0.15, 0.2) is 5.96 Å². The Hall–Kier alpha value is -2.16. The van der Waals surface area contributed by atoms with E-state index >= 15 is 0 Å². The summed E-state index contributed by atoms with van der Waals surface area (Å²) >= 11 is 7.62. The lowest BCUT2D eigenvalue weighted by molar-refractivity contribution is 0.0954. The molecule has 1 amide bonds. The number of halogens is 1. The van der Waals surface area contributed by atoms with Crippen LogP contribution in [0.5, 0.6) is 0 Å². The minimum Gasteiger partial charge on any atom is -0.375 e. The van der Waals surface area contributed by atoms with E-state index in [1.54, 1.807) is 49.8 Å². The Balaban J connectivity index is 1.79. The summed E-state index contributed by atoms with van der Waals surface area (Å²) in [6.07, 6.45) is -0.0109. The smallest absolute Gasteiger partial charge is 0.252 e. The number of carbonyl (C=O) groups is 1. The molecular weight excluding hydrogens is 398 g/mol. The molecule has 9 heteroatoms. The van der Waals surface area contributed by atoms with Gasteiger partial charge >= 0.3 is 0 Å². The maximum absolute atomic E-state index is 12.2. The van der Waals surface area contributed by atoms with Crippen LogP contribution in [0.2, 0.25) is 5.02 Å². The van der Waals surface area contributed by atoms with Gasteiger partial charge in [-0.25, -0.2) is 4.98 Å². The Morgan fingerprint density at radius 3 is 2.75 bits per heavy atom.